The van der Waals surface area contributed by atoms with E-state index in [1.165, 1.54) is 0 Å². The molecule has 6 heteroatoms. The Morgan fingerprint density at radius 1 is 1.06 bits per heavy atom. The predicted octanol–water partition coefficient (Wildman–Crippen LogP) is 2.72. The molecule has 0 amide bonds. The molecule has 0 aromatic heterocycles. The largest absolute Gasteiger partial charge is 0.547 e. The lowest BCUT2D eigenvalue weighted by Crippen LogP contribution is -2.26. The minimum absolute atomic E-state index is 0.658. The zero-order valence-electron chi connectivity index (χ0n) is 11.1. The molecule has 0 spiro atoms. The number of hydrogen-bond acceptors (Lipinski definition) is 5. The van der Waals surface area contributed by atoms with Gasteiger partial charge in [-0.05, 0) is 41.5 Å². The molecule has 0 radical (unpaired) electrons. The average molecular weight is 243 g/mol. The van der Waals surface area contributed by atoms with E-state index in [1.807, 2.05) is 0 Å². The van der Waals surface area contributed by atoms with Gasteiger partial charge in [-0.3, -0.25) is 0 Å². The van der Waals surface area contributed by atoms with Gasteiger partial charge in [0.25, 0.3) is 0 Å². The highest BCUT2D eigenvalue weighted by Gasteiger charge is 2.37. The van der Waals surface area contributed by atoms with E-state index in [0.29, 0.717) is 0 Å². The molecule has 17 heavy (non-hydrogen) atoms. The van der Waals surface area contributed by atoms with Crippen LogP contribution in [0.2, 0.25) is 0 Å². The second-order valence-corrected chi connectivity index (χ2v) is 5.47. The van der Waals surface area contributed by atoms with Crippen molar-refractivity contribution in [1.82, 2.24) is 0 Å². The SMILES string of the molecule is CC(C)(C)OC(=O)C([N+]#N)=C(O)OC(C)(C)C. The molecule has 96 valence electrons. The first kappa shape index (κ1) is 15.2. The average Bonchev–Trinajstić information content (AvgIpc) is 1.96. The van der Waals surface area contributed by atoms with Gasteiger partial charge in [-0.2, -0.15) is 0 Å². The first-order valence-electron chi connectivity index (χ1n) is 5.17. The van der Waals surface area contributed by atoms with E-state index in [9.17, 15) is 9.90 Å². The second-order valence-electron chi connectivity index (χ2n) is 5.47. The molecule has 0 saturated heterocycles. The number of esters is 1. The van der Waals surface area contributed by atoms with E-state index in [4.69, 9.17) is 14.9 Å². The van der Waals surface area contributed by atoms with Crippen LogP contribution in [0.5, 0.6) is 0 Å². The fourth-order valence-corrected chi connectivity index (χ4v) is 0.836. The summed E-state index contributed by atoms with van der Waals surface area (Å²) in [6, 6.07) is 0. The molecule has 0 rings (SSSR count). The number of ether oxygens (including phenoxy) is 2. The molecule has 0 aliphatic carbocycles. The highest BCUT2D eigenvalue weighted by molar-refractivity contribution is 5.90. The number of nitrogens with zero attached hydrogens (tertiary/aromatic N) is 2. The molecular formula is C11H19N2O4+. The number of hydrogen-bond donors (Lipinski definition) is 1. The normalized spacial score (nSPS) is 13.5. The van der Waals surface area contributed by atoms with Crippen molar-refractivity contribution in [3.05, 3.63) is 16.6 Å². The summed E-state index contributed by atoms with van der Waals surface area (Å²) in [6.45, 7) is 9.98. The van der Waals surface area contributed by atoms with Crippen LogP contribution in [0.15, 0.2) is 11.6 Å². The van der Waals surface area contributed by atoms with Gasteiger partial charge in [-0.1, -0.05) is 0 Å². The molecule has 0 unspecified atom stereocenters. The summed E-state index contributed by atoms with van der Waals surface area (Å²) < 4.78 is 9.94. The first-order valence-corrected chi connectivity index (χ1v) is 5.17. The van der Waals surface area contributed by atoms with Crippen molar-refractivity contribution in [2.75, 3.05) is 0 Å². The molecule has 0 aromatic rings. The van der Waals surface area contributed by atoms with Crippen molar-refractivity contribution >= 4 is 5.97 Å². The standard InChI is InChI=1S/C11H18N2O4/c1-10(2,3)16-8(14)7(13-12)9(15)17-11(4,5)6/h1-6H3/p+1. The first-order chi connectivity index (χ1) is 7.46. The lowest BCUT2D eigenvalue weighted by molar-refractivity contribution is -0.150. The van der Waals surface area contributed by atoms with Crippen LogP contribution in [-0.2, 0) is 14.3 Å². The van der Waals surface area contributed by atoms with Gasteiger partial charge in [0.2, 0.25) is 5.39 Å². The van der Waals surface area contributed by atoms with E-state index >= 15 is 0 Å². The van der Waals surface area contributed by atoms with Crippen LogP contribution < -0.4 is 0 Å². The molecule has 0 saturated carbocycles. The Morgan fingerprint density at radius 3 is 1.76 bits per heavy atom. The molecule has 0 heterocycles. The Hall–Kier alpha value is -1.77. The summed E-state index contributed by atoms with van der Waals surface area (Å²) in [6.07, 6.45) is 0. The number of aliphatic hydroxyl groups is 1. The molecule has 0 atom stereocenters. The van der Waals surface area contributed by atoms with E-state index in [0.717, 1.165) is 0 Å². The Morgan fingerprint density at radius 2 is 1.47 bits per heavy atom. The van der Waals surface area contributed by atoms with Gasteiger partial charge >= 0.3 is 17.6 Å². The smallest absolute Gasteiger partial charge is 0.475 e. The van der Waals surface area contributed by atoms with Gasteiger partial charge in [-0.25, -0.2) is 4.79 Å². The van der Waals surface area contributed by atoms with Crippen LogP contribution in [0.25, 0.3) is 4.98 Å². The van der Waals surface area contributed by atoms with Gasteiger partial charge < -0.3 is 14.6 Å². The third-order valence-electron chi connectivity index (χ3n) is 1.30. The third kappa shape index (κ3) is 6.40. The lowest BCUT2D eigenvalue weighted by atomic mass is 10.2. The van der Waals surface area contributed by atoms with Crippen molar-refractivity contribution in [2.24, 2.45) is 0 Å². The van der Waals surface area contributed by atoms with Crippen molar-refractivity contribution in [2.45, 2.75) is 52.7 Å². The summed E-state index contributed by atoms with van der Waals surface area (Å²) in [7, 11) is 0. The number of carbonyl (C=O) groups is 1. The topological polar surface area (TPSA) is 83.9 Å². The van der Waals surface area contributed by atoms with E-state index in [-0.39, 0.29) is 0 Å². The van der Waals surface area contributed by atoms with Gasteiger partial charge in [0.15, 0.2) is 4.98 Å². The Balaban J connectivity index is 5.02. The molecule has 0 bridgehead atoms. The third-order valence-corrected chi connectivity index (χ3v) is 1.30. The van der Waals surface area contributed by atoms with E-state index in [1.54, 1.807) is 41.5 Å². The summed E-state index contributed by atoms with van der Waals surface area (Å²) in [5, 5.41) is 18.2. The molecular weight excluding hydrogens is 224 g/mol. The van der Waals surface area contributed by atoms with Crippen LogP contribution in [0.1, 0.15) is 41.5 Å². The van der Waals surface area contributed by atoms with E-state index in [2.05, 4.69) is 4.98 Å². The Bertz CT molecular complexity index is 366. The summed E-state index contributed by atoms with van der Waals surface area (Å²) in [5.41, 5.74) is -2.13. The van der Waals surface area contributed by atoms with Crippen molar-refractivity contribution in [3.8, 4) is 0 Å². The number of carbonyl (C=O) groups excluding carboxylic acids is 1. The quantitative estimate of drug-likeness (QED) is 0.349. The number of aliphatic hydroxyl groups excluding tert-OH is 1. The molecule has 1 N–H and O–H groups in total. The molecule has 0 aromatic carbocycles. The van der Waals surface area contributed by atoms with Crippen molar-refractivity contribution in [1.29, 1.82) is 5.39 Å². The van der Waals surface area contributed by atoms with Crippen molar-refractivity contribution in [3.63, 3.8) is 0 Å². The fourth-order valence-electron chi connectivity index (χ4n) is 0.836. The highest BCUT2D eigenvalue weighted by atomic mass is 16.6. The summed E-state index contributed by atoms with van der Waals surface area (Å²) >= 11 is 0. The fraction of sp³-hybridized carbons (Fsp3) is 0.727. The number of diazo groups is 1. The Labute approximate surface area is 101 Å². The van der Waals surface area contributed by atoms with E-state index < -0.39 is 28.8 Å². The van der Waals surface area contributed by atoms with Gasteiger partial charge in [0.05, 0.1) is 0 Å². The zero-order valence-corrected chi connectivity index (χ0v) is 11.1. The maximum atomic E-state index is 11.5. The molecule has 6 nitrogen and oxygen atoms in total. The monoisotopic (exact) mass is 243 g/mol. The molecule has 0 fully saturated rings. The molecule has 0 aliphatic heterocycles. The van der Waals surface area contributed by atoms with Crippen LogP contribution in [-0.4, -0.2) is 22.3 Å². The predicted molar refractivity (Wildman–Crippen MR) is 61.4 cm³/mol. The van der Waals surface area contributed by atoms with Crippen LogP contribution in [0.3, 0.4) is 0 Å². The lowest BCUT2D eigenvalue weighted by Gasteiger charge is -2.19. The van der Waals surface area contributed by atoms with Crippen LogP contribution >= 0.6 is 0 Å². The maximum absolute atomic E-state index is 11.5. The second kappa shape index (κ2) is 5.04. The van der Waals surface area contributed by atoms with Crippen LogP contribution in [0.4, 0.5) is 0 Å². The van der Waals surface area contributed by atoms with Gasteiger partial charge in [0.1, 0.15) is 11.2 Å². The Kier molecular flexibility index (Phi) is 4.52. The minimum atomic E-state index is -0.957. The van der Waals surface area contributed by atoms with Gasteiger partial charge in [-0.15, -0.1) is 0 Å². The number of rotatable bonds is 2. The molecule has 0 aliphatic rings. The zero-order chi connectivity index (χ0) is 13.9. The summed E-state index contributed by atoms with van der Waals surface area (Å²) in [4.78, 5) is 14.2. The maximum Gasteiger partial charge on any atom is 0.547 e. The van der Waals surface area contributed by atoms with Crippen molar-refractivity contribution < 1.29 is 19.4 Å². The van der Waals surface area contributed by atoms with Crippen LogP contribution in [0, 0.1) is 5.39 Å². The minimum Gasteiger partial charge on any atom is -0.475 e. The highest BCUT2D eigenvalue weighted by Crippen LogP contribution is 2.18. The summed E-state index contributed by atoms with van der Waals surface area (Å²) in [5.74, 6) is -1.73. The van der Waals surface area contributed by atoms with Gasteiger partial charge in [0, 0.05) is 0 Å².